The Morgan fingerprint density at radius 1 is 1.62 bits per heavy atom. The lowest BCUT2D eigenvalue weighted by atomic mass is 10.1. The van der Waals surface area contributed by atoms with Crippen LogP contribution >= 0.6 is 0 Å². The fourth-order valence-corrected chi connectivity index (χ4v) is 1.90. The van der Waals surface area contributed by atoms with Crippen LogP contribution in [0.15, 0.2) is 35.9 Å². The molecule has 2 atom stereocenters. The summed E-state index contributed by atoms with van der Waals surface area (Å²) >= 11 is 0. The van der Waals surface area contributed by atoms with E-state index < -0.39 is 17.7 Å². The number of hydrogen-bond donors (Lipinski definition) is 2. The summed E-state index contributed by atoms with van der Waals surface area (Å²) in [6, 6.07) is 0. The number of aliphatic hydroxyl groups is 1. The minimum absolute atomic E-state index is 0.0499. The van der Waals surface area contributed by atoms with Crippen molar-refractivity contribution in [3.8, 4) is 0 Å². The molecule has 1 aliphatic rings. The summed E-state index contributed by atoms with van der Waals surface area (Å²) in [6.07, 6.45) is 1.15. The summed E-state index contributed by atoms with van der Waals surface area (Å²) < 4.78 is 30.2. The summed E-state index contributed by atoms with van der Waals surface area (Å²) in [5.74, 6) is -0.790. The van der Waals surface area contributed by atoms with Gasteiger partial charge in [0.15, 0.2) is 5.79 Å². The first-order valence-electron chi connectivity index (χ1n) is 6.82. The van der Waals surface area contributed by atoms with Crippen molar-refractivity contribution in [1.82, 2.24) is 0 Å². The van der Waals surface area contributed by atoms with Gasteiger partial charge in [0.2, 0.25) is 0 Å². The van der Waals surface area contributed by atoms with Gasteiger partial charge in [0.1, 0.15) is 18.5 Å². The van der Waals surface area contributed by atoms with Gasteiger partial charge in [-0.2, -0.15) is 0 Å². The number of ether oxygens (including phenoxy) is 3. The summed E-state index contributed by atoms with van der Waals surface area (Å²) in [7, 11) is 0. The molecule has 21 heavy (non-hydrogen) atoms. The molecule has 6 heteroatoms. The molecule has 0 radical (unpaired) electrons. The molecule has 0 bridgehead atoms. The highest BCUT2D eigenvalue weighted by Crippen LogP contribution is 2.23. The molecule has 0 amide bonds. The van der Waals surface area contributed by atoms with E-state index in [0.717, 1.165) is 6.08 Å². The minimum atomic E-state index is -1.11. The van der Waals surface area contributed by atoms with Crippen LogP contribution in [-0.4, -0.2) is 42.9 Å². The van der Waals surface area contributed by atoms with E-state index in [9.17, 15) is 9.50 Å². The third-order valence-corrected chi connectivity index (χ3v) is 2.96. The van der Waals surface area contributed by atoms with Crippen molar-refractivity contribution in [2.75, 3.05) is 19.8 Å². The molecule has 1 fully saturated rings. The Hall–Kier alpha value is -1.21. The highest BCUT2D eigenvalue weighted by molar-refractivity contribution is 5.32. The minimum Gasteiger partial charge on any atom is -0.495 e. The van der Waals surface area contributed by atoms with E-state index in [0.29, 0.717) is 12.4 Å². The number of rotatable bonds is 7. The van der Waals surface area contributed by atoms with Gasteiger partial charge >= 0.3 is 0 Å². The van der Waals surface area contributed by atoms with E-state index in [1.165, 1.54) is 6.08 Å². The largest absolute Gasteiger partial charge is 0.495 e. The smallest absolute Gasteiger partial charge is 0.163 e. The van der Waals surface area contributed by atoms with Crippen LogP contribution in [0.3, 0.4) is 0 Å². The third-order valence-electron chi connectivity index (χ3n) is 2.96. The van der Waals surface area contributed by atoms with Crippen molar-refractivity contribution in [2.24, 2.45) is 5.73 Å². The van der Waals surface area contributed by atoms with Crippen LogP contribution in [0.5, 0.6) is 0 Å². The Balaban J connectivity index is 2.64. The molecule has 1 saturated heterocycles. The average molecular weight is 301 g/mol. The summed E-state index contributed by atoms with van der Waals surface area (Å²) in [6.45, 7) is 9.30. The SMILES string of the molecule is C=CC(F)=C(C=C(C)OCC1COC(C)(C)O1)C(O)CN. The highest BCUT2D eigenvalue weighted by atomic mass is 19.1. The fourth-order valence-electron chi connectivity index (χ4n) is 1.90. The molecule has 2 unspecified atom stereocenters. The molecule has 1 heterocycles. The summed E-state index contributed by atoms with van der Waals surface area (Å²) in [4.78, 5) is 0. The second-order valence-electron chi connectivity index (χ2n) is 5.28. The van der Waals surface area contributed by atoms with Crippen molar-refractivity contribution >= 4 is 0 Å². The number of hydrogen-bond acceptors (Lipinski definition) is 5. The fraction of sp³-hybridized carbons (Fsp3) is 0.600. The molecule has 0 aromatic rings. The molecule has 1 rings (SSSR count). The van der Waals surface area contributed by atoms with Gasteiger partial charge in [-0.25, -0.2) is 4.39 Å². The molecule has 0 spiro atoms. The number of aliphatic hydroxyl groups excluding tert-OH is 1. The zero-order valence-corrected chi connectivity index (χ0v) is 12.8. The number of halogens is 1. The molecule has 120 valence electrons. The summed E-state index contributed by atoms with van der Waals surface area (Å²) in [5, 5.41) is 9.70. The van der Waals surface area contributed by atoms with Gasteiger partial charge in [-0.3, -0.25) is 0 Å². The van der Waals surface area contributed by atoms with Gasteiger partial charge in [-0.15, -0.1) is 0 Å². The van der Waals surface area contributed by atoms with Gasteiger partial charge < -0.3 is 25.1 Å². The van der Waals surface area contributed by atoms with Crippen LogP contribution in [-0.2, 0) is 14.2 Å². The molecule has 5 nitrogen and oxygen atoms in total. The molecule has 0 aromatic heterocycles. The first-order chi connectivity index (χ1) is 9.79. The molecule has 0 aliphatic carbocycles. The van der Waals surface area contributed by atoms with E-state index in [4.69, 9.17) is 19.9 Å². The van der Waals surface area contributed by atoms with Gasteiger partial charge in [0, 0.05) is 12.1 Å². The van der Waals surface area contributed by atoms with Gasteiger partial charge in [-0.1, -0.05) is 6.58 Å². The molecular formula is C15H24FNO4. The molecular weight excluding hydrogens is 277 g/mol. The van der Waals surface area contributed by atoms with Gasteiger partial charge in [0.05, 0.1) is 18.5 Å². The molecule has 0 saturated carbocycles. The second kappa shape index (κ2) is 7.70. The summed E-state index contributed by atoms with van der Waals surface area (Å²) in [5.41, 5.74) is 5.40. The quantitative estimate of drug-likeness (QED) is 0.554. The number of nitrogens with two attached hydrogens (primary N) is 1. The topological polar surface area (TPSA) is 73.9 Å². The molecule has 1 aliphatic heterocycles. The lowest BCUT2D eigenvalue weighted by Crippen LogP contribution is -2.24. The van der Waals surface area contributed by atoms with Crippen molar-refractivity contribution in [1.29, 1.82) is 0 Å². The monoisotopic (exact) mass is 301 g/mol. The maximum absolute atomic E-state index is 13.6. The lowest BCUT2D eigenvalue weighted by molar-refractivity contribution is -0.143. The van der Waals surface area contributed by atoms with Gasteiger partial charge in [0.25, 0.3) is 0 Å². The van der Waals surface area contributed by atoms with E-state index in [1.54, 1.807) is 6.92 Å². The molecule has 0 aromatic carbocycles. The van der Waals surface area contributed by atoms with E-state index >= 15 is 0 Å². The van der Waals surface area contributed by atoms with E-state index in [-0.39, 0.29) is 24.8 Å². The average Bonchev–Trinajstić information content (AvgIpc) is 2.80. The predicted molar refractivity (Wildman–Crippen MR) is 78.0 cm³/mol. The predicted octanol–water partition coefficient (Wildman–Crippen LogP) is 1.79. The zero-order chi connectivity index (χ0) is 16.0. The van der Waals surface area contributed by atoms with Crippen molar-refractivity contribution in [3.05, 3.63) is 35.9 Å². The Morgan fingerprint density at radius 3 is 2.76 bits per heavy atom. The lowest BCUT2D eigenvalue weighted by Gasteiger charge is -2.17. The number of allylic oxidation sites excluding steroid dienone is 3. The van der Waals surface area contributed by atoms with Crippen LogP contribution in [0.25, 0.3) is 0 Å². The first kappa shape index (κ1) is 17.8. The van der Waals surface area contributed by atoms with Crippen LogP contribution < -0.4 is 5.73 Å². The Labute approximate surface area is 124 Å². The van der Waals surface area contributed by atoms with Crippen molar-refractivity contribution < 1.29 is 23.7 Å². The van der Waals surface area contributed by atoms with E-state index in [2.05, 4.69) is 6.58 Å². The standard InChI is InChI=1S/C15H24FNO4/c1-5-13(16)12(14(18)7-17)6-10(2)19-8-11-9-20-15(3,4)21-11/h5-6,11,14,18H,1,7-9,17H2,2-4H3. The first-order valence-corrected chi connectivity index (χ1v) is 6.82. The van der Waals surface area contributed by atoms with E-state index in [1.807, 2.05) is 13.8 Å². The third kappa shape index (κ3) is 5.59. The Bertz CT molecular complexity index is 431. The second-order valence-corrected chi connectivity index (χ2v) is 5.28. The van der Waals surface area contributed by atoms with Crippen LogP contribution in [0.1, 0.15) is 20.8 Å². The Kier molecular flexibility index (Phi) is 6.54. The van der Waals surface area contributed by atoms with Crippen LogP contribution in [0.4, 0.5) is 4.39 Å². The zero-order valence-electron chi connectivity index (χ0n) is 12.8. The van der Waals surface area contributed by atoms with Crippen molar-refractivity contribution in [3.63, 3.8) is 0 Å². The highest BCUT2D eigenvalue weighted by Gasteiger charge is 2.32. The Morgan fingerprint density at radius 2 is 2.29 bits per heavy atom. The maximum Gasteiger partial charge on any atom is 0.163 e. The van der Waals surface area contributed by atoms with Gasteiger partial charge in [-0.05, 0) is 32.9 Å². The van der Waals surface area contributed by atoms with Crippen LogP contribution in [0, 0.1) is 0 Å². The van der Waals surface area contributed by atoms with Crippen LogP contribution in [0.2, 0.25) is 0 Å². The van der Waals surface area contributed by atoms with Crippen molar-refractivity contribution in [2.45, 2.75) is 38.8 Å². The maximum atomic E-state index is 13.6. The normalized spacial score (nSPS) is 24.5. The molecule has 3 N–H and O–H groups in total.